The van der Waals surface area contributed by atoms with Crippen LogP contribution in [0.2, 0.25) is 0 Å². The molecule has 0 aromatic heterocycles. The Morgan fingerprint density at radius 3 is 2.68 bits per heavy atom. The van der Waals surface area contributed by atoms with Crippen LogP contribution >= 0.6 is 0 Å². The molecule has 5 heteroatoms. The van der Waals surface area contributed by atoms with Crippen LogP contribution in [0, 0.1) is 0 Å². The molecule has 3 rings (SSSR count). The number of hydrogen-bond donors (Lipinski definition) is 1. The van der Waals surface area contributed by atoms with Gasteiger partial charge in [-0.2, -0.15) is 0 Å². The number of amides is 1. The molecule has 1 heterocycles. The molecule has 144 valence electrons. The number of carbonyl (C=O) groups excluding carboxylic acids is 1. The minimum absolute atomic E-state index is 0.0270. The van der Waals surface area contributed by atoms with Crippen molar-refractivity contribution < 1.29 is 9.53 Å². The Morgan fingerprint density at radius 1 is 1.21 bits per heavy atom. The highest BCUT2D eigenvalue weighted by Gasteiger charge is 2.15. The summed E-state index contributed by atoms with van der Waals surface area (Å²) < 4.78 is 5.54. The van der Waals surface area contributed by atoms with Crippen LogP contribution in [0.4, 0.5) is 5.69 Å². The van der Waals surface area contributed by atoms with E-state index in [9.17, 15) is 4.79 Å². The molecule has 0 spiro atoms. The van der Waals surface area contributed by atoms with Gasteiger partial charge >= 0.3 is 0 Å². The monoisotopic (exact) mass is 375 g/mol. The van der Waals surface area contributed by atoms with Crippen molar-refractivity contribution in [3.63, 3.8) is 0 Å². The lowest BCUT2D eigenvalue weighted by Crippen LogP contribution is -2.21. The van der Waals surface area contributed by atoms with Crippen molar-refractivity contribution in [2.24, 2.45) is 10.7 Å². The van der Waals surface area contributed by atoms with Gasteiger partial charge in [0.15, 0.2) is 0 Å². The molecule has 1 aliphatic heterocycles. The SMILES string of the molecule is C=C(OCC)C1=Cc2ccc(-c3cccc(C(=O)N(C)C)c3)cc2N=C(N)C1. The molecule has 1 aliphatic rings. The zero-order valence-corrected chi connectivity index (χ0v) is 16.5. The number of benzene rings is 2. The predicted molar refractivity (Wildman–Crippen MR) is 115 cm³/mol. The zero-order valence-electron chi connectivity index (χ0n) is 16.5. The maximum atomic E-state index is 12.3. The minimum Gasteiger partial charge on any atom is -0.494 e. The first-order valence-electron chi connectivity index (χ1n) is 9.21. The Bertz CT molecular complexity index is 987. The Kier molecular flexibility index (Phi) is 5.64. The largest absolute Gasteiger partial charge is 0.494 e. The number of allylic oxidation sites excluding steroid dienone is 1. The normalized spacial score (nSPS) is 13.0. The number of nitrogens with zero attached hydrogens (tertiary/aromatic N) is 2. The second-order valence-corrected chi connectivity index (χ2v) is 6.86. The van der Waals surface area contributed by atoms with Crippen LogP contribution in [-0.2, 0) is 4.74 Å². The van der Waals surface area contributed by atoms with Gasteiger partial charge in [0.2, 0.25) is 0 Å². The Balaban J connectivity index is 2.01. The van der Waals surface area contributed by atoms with E-state index in [1.54, 1.807) is 19.0 Å². The molecule has 5 nitrogen and oxygen atoms in total. The highest BCUT2D eigenvalue weighted by atomic mass is 16.5. The van der Waals surface area contributed by atoms with Crippen LogP contribution in [0.25, 0.3) is 17.2 Å². The van der Waals surface area contributed by atoms with Crippen molar-refractivity contribution >= 4 is 23.5 Å². The molecule has 1 amide bonds. The van der Waals surface area contributed by atoms with E-state index >= 15 is 0 Å². The van der Waals surface area contributed by atoms with Gasteiger partial charge < -0.3 is 15.4 Å². The van der Waals surface area contributed by atoms with E-state index in [0.717, 1.165) is 28.0 Å². The summed E-state index contributed by atoms with van der Waals surface area (Å²) >= 11 is 0. The first-order chi connectivity index (χ1) is 13.4. The first kappa shape index (κ1) is 19.4. The van der Waals surface area contributed by atoms with Crippen LogP contribution in [0.1, 0.15) is 29.3 Å². The molecule has 0 fully saturated rings. The second-order valence-electron chi connectivity index (χ2n) is 6.86. The third-order valence-corrected chi connectivity index (χ3v) is 4.52. The van der Waals surface area contributed by atoms with Gasteiger partial charge in [-0.25, -0.2) is 4.99 Å². The number of ether oxygens (including phenoxy) is 1. The van der Waals surface area contributed by atoms with E-state index in [-0.39, 0.29) is 5.91 Å². The van der Waals surface area contributed by atoms with Gasteiger partial charge in [0.25, 0.3) is 5.91 Å². The summed E-state index contributed by atoms with van der Waals surface area (Å²) in [5.74, 6) is 1.10. The summed E-state index contributed by atoms with van der Waals surface area (Å²) in [6.07, 6.45) is 2.52. The number of rotatable bonds is 5. The Hall–Kier alpha value is -3.34. The average molecular weight is 375 g/mol. The molecule has 0 bridgehead atoms. The fourth-order valence-electron chi connectivity index (χ4n) is 3.11. The van der Waals surface area contributed by atoms with Crippen molar-refractivity contribution in [2.45, 2.75) is 13.3 Å². The average Bonchev–Trinajstić information content (AvgIpc) is 2.85. The lowest BCUT2D eigenvalue weighted by molar-refractivity contribution is 0.0827. The van der Waals surface area contributed by atoms with E-state index in [0.29, 0.717) is 30.2 Å². The van der Waals surface area contributed by atoms with Gasteiger partial charge in [-0.1, -0.05) is 30.8 Å². The number of nitrogens with two attached hydrogens (primary N) is 1. The van der Waals surface area contributed by atoms with E-state index in [1.165, 1.54) is 0 Å². The summed E-state index contributed by atoms with van der Waals surface area (Å²) in [6, 6.07) is 13.6. The maximum absolute atomic E-state index is 12.3. The van der Waals surface area contributed by atoms with Crippen molar-refractivity contribution in [1.82, 2.24) is 4.90 Å². The van der Waals surface area contributed by atoms with E-state index in [2.05, 4.69) is 11.6 Å². The smallest absolute Gasteiger partial charge is 0.253 e. The van der Waals surface area contributed by atoms with Gasteiger partial charge in [-0.05, 0) is 42.3 Å². The van der Waals surface area contributed by atoms with Crippen molar-refractivity contribution in [3.05, 3.63) is 71.5 Å². The molecule has 2 N–H and O–H groups in total. The van der Waals surface area contributed by atoms with Gasteiger partial charge in [-0.3, -0.25) is 4.79 Å². The number of amidine groups is 1. The van der Waals surface area contributed by atoms with Gasteiger partial charge in [0.05, 0.1) is 12.3 Å². The van der Waals surface area contributed by atoms with Crippen molar-refractivity contribution in [1.29, 1.82) is 0 Å². The number of hydrogen-bond acceptors (Lipinski definition) is 4. The van der Waals surface area contributed by atoms with Crippen molar-refractivity contribution in [3.8, 4) is 11.1 Å². The first-order valence-corrected chi connectivity index (χ1v) is 9.21. The number of fused-ring (bicyclic) bond motifs is 1. The highest BCUT2D eigenvalue weighted by Crippen LogP contribution is 2.33. The molecule has 2 aromatic rings. The fourth-order valence-corrected chi connectivity index (χ4v) is 3.11. The lowest BCUT2D eigenvalue weighted by atomic mass is 9.99. The molecule has 0 aliphatic carbocycles. The van der Waals surface area contributed by atoms with Crippen LogP contribution in [0.3, 0.4) is 0 Å². The van der Waals surface area contributed by atoms with Crippen molar-refractivity contribution in [2.75, 3.05) is 20.7 Å². The van der Waals surface area contributed by atoms with Gasteiger partial charge in [0.1, 0.15) is 11.6 Å². The van der Waals surface area contributed by atoms with Crippen LogP contribution in [0.5, 0.6) is 0 Å². The van der Waals surface area contributed by atoms with E-state index < -0.39 is 0 Å². The number of carbonyl (C=O) groups is 1. The zero-order chi connectivity index (χ0) is 20.3. The van der Waals surface area contributed by atoms with E-state index in [1.807, 2.05) is 55.5 Å². The topological polar surface area (TPSA) is 67.9 Å². The molecule has 0 saturated carbocycles. The molecule has 2 aromatic carbocycles. The minimum atomic E-state index is -0.0270. The van der Waals surface area contributed by atoms with Crippen LogP contribution < -0.4 is 5.73 Å². The molecule has 28 heavy (non-hydrogen) atoms. The fraction of sp³-hybridized carbons (Fsp3) is 0.217. The highest BCUT2D eigenvalue weighted by molar-refractivity contribution is 5.95. The third-order valence-electron chi connectivity index (χ3n) is 4.52. The lowest BCUT2D eigenvalue weighted by Gasteiger charge is -2.12. The summed E-state index contributed by atoms with van der Waals surface area (Å²) in [5, 5.41) is 0. The number of aliphatic imine (C=N–C) groups is 1. The quantitative estimate of drug-likeness (QED) is 0.789. The molecule has 0 radical (unpaired) electrons. The third kappa shape index (κ3) is 4.14. The second kappa shape index (κ2) is 8.13. The molecular weight excluding hydrogens is 350 g/mol. The van der Waals surface area contributed by atoms with Gasteiger partial charge in [-0.15, -0.1) is 0 Å². The van der Waals surface area contributed by atoms with Gasteiger partial charge in [0, 0.05) is 37.2 Å². The molecule has 0 saturated heterocycles. The summed E-state index contributed by atoms with van der Waals surface area (Å²) in [5.41, 5.74) is 11.4. The summed E-state index contributed by atoms with van der Waals surface area (Å²) in [6.45, 7) is 6.47. The predicted octanol–water partition coefficient (Wildman–Crippen LogP) is 4.38. The maximum Gasteiger partial charge on any atom is 0.253 e. The Morgan fingerprint density at radius 2 is 1.96 bits per heavy atom. The molecule has 0 unspecified atom stereocenters. The standard InChI is InChI=1S/C23H25N3O2/c1-5-28-15(2)20-12-18-10-9-17(13-21(18)25-22(24)14-20)16-7-6-8-19(11-16)23(27)26(3)4/h6-13H,2,5,14H2,1,3-4H3,(H2,24,25). The van der Waals surface area contributed by atoms with E-state index in [4.69, 9.17) is 10.5 Å². The van der Waals surface area contributed by atoms with Crippen LogP contribution in [-0.4, -0.2) is 37.3 Å². The molecular formula is C23H25N3O2. The van der Waals surface area contributed by atoms with Crippen LogP contribution in [0.15, 0.2) is 65.4 Å². The molecule has 0 atom stereocenters. The Labute approximate surface area is 165 Å². The summed E-state index contributed by atoms with van der Waals surface area (Å²) in [4.78, 5) is 18.4. The summed E-state index contributed by atoms with van der Waals surface area (Å²) in [7, 11) is 3.49.